The zero-order valence-electron chi connectivity index (χ0n) is 11.3. The van der Waals surface area contributed by atoms with Crippen LogP contribution >= 0.6 is 0 Å². The third-order valence-electron chi connectivity index (χ3n) is 3.38. The number of hydrogen-bond acceptors (Lipinski definition) is 5. The molecule has 1 saturated heterocycles. The highest BCUT2D eigenvalue weighted by molar-refractivity contribution is 5.19. The molecule has 0 aromatic carbocycles. The van der Waals surface area contributed by atoms with Crippen LogP contribution in [0.1, 0.15) is 36.6 Å². The van der Waals surface area contributed by atoms with E-state index < -0.39 is 0 Å². The molecule has 0 bridgehead atoms. The maximum absolute atomic E-state index is 8.87. The van der Waals surface area contributed by atoms with Crippen LogP contribution in [0.5, 0.6) is 0 Å². The number of aryl methyl sites for hydroxylation is 1. The number of rotatable bonds is 7. The molecule has 0 radical (unpaired) electrons. The van der Waals surface area contributed by atoms with Crippen LogP contribution in [-0.4, -0.2) is 41.9 Å². The van der Waals surface area contributed by atoms with Crippen molar-refractivity contribution in [2.75, 3.05) is 26.9 Å². The zero-order valence-corrected chi connectivity index (χ0v) is 11.3. The Balaban J connectivity index is 2.06. The molecule has 19 heavy (non-hydrogen) atoms. The summed E-state index contributed by atoms with van der Waals surface area (Å²) in [7, 11) is 1.71. The Morgan fingerprint density at radius 3 is 3.11 bits per heavy atom. The third kappa shape index (κ3) is 3.52. The first-order valence-corrected chi connectivity index (χ1v) is 6.72. The molecule has 1 unspecified atom stereocenters. The summed E-state index contributed by atoms with van der Waals surface area (Å²) in [4.78, 5) is 0. The van der Waals surface area contributed by atoms with Gasteiger partial charge in [0.05, 0.1) is 24.8 Å². The Labute approximate surface area is 113 Å². The fourth-order valence-corrected chi connectivity index (χ4v) is 2.43. The number of ether oxygens (including phenoxy) is 2. The lowest BCUT2D eigenvalue weighted by Crippen LogP contribution is -2.12. The number of nitriles is 1. The molecule has 2 rings (SSSR count). The quantitative estimate of drug-likeness (QED) is 0.693. The van der Waals surface area contributed by atoms with Crippen molar-refractivity contribution in [3.05, 3.63) is 11.4 Å². The lowest BCUT2D eigenvalue weighted by molar-refractivity contribution is 0.189. The van der Waals surface area contributed by atoms with Gasteiger partial charge in [0, 0.05) is 32.8 Å². The summed E-state index contributed by atoms with van der Waals surface area (Å²) in [6.45, 7) is 3.09. The smallest absolute Gasteiger partial charge is 0.100 e. The summed E-state index contributed by atoms with van der Waals surface area (Å²) in [6, 6.07) is 2.16. The second kappa shape index (κ2) is 7.22. The third-order valence-corrected chi connectivity index (χ3v) is 3.38. The topological polar surface area (TPSA) is 73.0 Å². The van der Waals surface area contributed by atoms with Crippen LogP contribution in [0.4, 0.5) is 0 Å². The van der Waals surface area contributed by atoms with E-state index in [0.717, 1.165) is 50.4 Å². The molecule has 0 N–H and O–H groups in total. The molecule has 0 spiro atoms. The number of hydrogen-bond donors (Lipinski definition) is 0. The lowest BCUT2D eigenvalue weighted by atomic mass is 10.0. The molecule has 6 heteroatoms. The molecule has 6 nitrogen and oxygen atoms in total. The van der Waals surface area contributed by atoms with Gasteiger partial charge in [-0.1, -0.05) is 5.21 Å². The van der Waals surface area contributed by atoms with Gasteiger partial charge in [-0.05, 0) is 19.3 Å². The molecule has 1 atom stereocenters. The Morgan fingerprint density at radius 2 is 2.42 bits per heavy atom. The number of unbranched alkanes of at least 4 members (excludes halogenated alkanes) is 1. The van der Waals surface area contributed by atoms with Crippen molar-refractivity contribution >= 4 is 0 Å². The van der Waals surface area contributed by atoms with E-state index in [1.54, 1.807) is 7.11 Å². The summed E-state index contributed by atoms with van der Waals surface area (Å²) in [5.74, 6) is 0.334. The largest absolute Gasteiger partial charge is 0.385 e. The van der Waals surface area contributed by atoms with Crippen LogP contribution in [0, 0.1) is 11.3 Å². The van der Waals surface area contributed by atoms with E-state index in [1.807, 2.05) is 4.68 Å². The van der Waals surface area contributed by atoms with Crippen LogP contribution in [-0.2, 0) is 22.4 Å². The zero-order chi connectivity index (χ0) is 13.5. The second-order valence-electron chi connectivity index (χ2n) is 4.74. The summed E-state index contributed by atoms with van der Waals surface area (Å²) >= 11 is 0. The van der Waals surface area contributed by atoms with Gasteiger partial charge in [0.1, 0.15) is 5.69 Å². The first-order valence-electron chi connectivity index (χ1n) is 6.72. The molecule has 1 aliphatic rings. The fraction of sp³-hybridized carbons (Fsp3) is 0.769. The molecule has 0 amide bonds. The predicted octanol–water partition coefficient (Wildman–Crippen LogP) is 1.27. The number of methoxy groups -OCH3 is 1. The molecule has 2 heterocycles. The van der Waals surface area contributed by atoms with E-state index >= 15 is 0 Å². The van der Waals surface area contributed by atoms with Crippen LogP contribution in [0.15, 0.2) is 0 Å². The Morgan fingerprint density at radius 1 is 1.53 bits per heavy atom. The second-order valence-corrected chi connectivity index (χ2v) is 4.74. The summed E-state index contributed by atoms with van der Waals surface area (Å²) < 4.78 is 12.4. The predicted molar refractivity (Wildman–Crippen MR) is 68.6 cm³/mol. The highest BCUT2D eigenvalue weighted by Gasteiger charge is 2.25. The van der Waals surface area contributed by atoms with Crippen molar-refractivity contribution in [1.29, 1.82) is 5.26 Å². The van der Waals surface area contributed by atoms with Gasteiger partial charge >= 0.3 is 0 Å². The van der Waals surface area contributed by atoms with Gasteiger partial charge < -0.3 is 9.47 Å². The van der Waals surface area contributed by atoms with Crippen molar-refractivity contribution < 1.29 is 9.47 Å². The minimum atomic E-state index is 0.323. The Bertz CT molecular complexity index is 432. The number of aromatic nitrogens is 3. The van der Waals surface area contributed by atoms with Gasteiger partial charge in [-0.3, -0.25) is 0 Å². The molecule has 1 aromatic rings. The average molecular weight is 264 g/mol. The highest BCUT2D eigenvalue weighted by Crippen LogP contribution is 2.27. The van der Waals surface area contributed by atoms with Gasteiger partial charge in [-0.2, -0.15) is 5.26 Å². The number of nitrogens with zero attached hydrogens (tertiary/aromatic N) is 4. The van der Waals surface area contributed by atoms with Gasteiger partial charge in [0.2, 0.25) is 0 Å². The first-order chi connectivity index (χ1) is 9.36. The lowest BCUT2D eigenvalue weighted by Gasteiger charge is -2.12. The summed E-state index contributed by atoms with van der Waals surface area (Å²) in [5, 5.41) is 17.2. The highest BCUT2D eigenvalue weighted by atomic mass is 16.5. The van der Waals surface area contributed by atoms with Crippen molar-refractivity contribution in [2.45, 2.75) is 38.1 Å². The van der Waals surface area contributed by atoms with E-state index in [1.165, 1.54) is 0 Å². The van der Waals surface area contributed by atoms with E-state index in [2.05, 4.69) is 16.4 Å². The van der Waals surface area contributed by atoms with E-state index in [0.29, 0.717) is 18.9 Å². The standard InChI is InChI=1S/C13H20N4O2/c1-18-8-3-2-7-17-13(11-5-9-19-10-11)12(4-6-14)15-16-17/h11H,2-5,7-10H2,1H3. The molecular formula is C13H20N4O2. The van der Waals surface area contributed by atoms with Crippen molar-refractivity contribution in [3.63, 3.8) is 0 Å². The van der Waals surface area contributed by atoms with Crippen LogP contribution in [0.3, 0.4) is 0 Å². The molecule has 1 aromatic heterocycles. The molecule has 1 aliphatic heterocycles. The molecule has 0 aliphatic carbocycles. The minimum Gasteiger partial charge on any atom is -0.385 e. The molecule has 0 saturated carbocycles. The Hall–Kier alpha value is -1.45. The molecular weight excluding hydrogens is 244 g/mol. The van der Waals surface area contributed by atoms with Crippen LogP contribution < -0.4 is 0 Å². The van der Waals surface area contributed by atoms with Gasteiger partial charge in [-0.25, -0.2) is 4.68 Å². The van der Waals surface area contributed by atoms with E-state index in [-0.39, 0.29) is 0 Å². The van der Waals surface area contributed by atoms with Gasteiger partial charge in [0.15, 0.2) is 0 Å². The molecule has 104 valence electrons. The average Bonchev–Trinajstić information content (AvgIpc) is 3.04. The van der Waals surface area contributed by atoms with Crippen LogP contribution in [0.25, 0.3) is 0 Å². The van der Waals surface area contributed by atoms with Crippen molar-refractivity contribution in [2.24, 2.45) is 0 Å². The Kier molecular flexibility index (Phi) is 5.31. The summed E-state index contributed by atoms with van der Waals surface area (Å²) in [5.41, 5.74) is 1.90. The van der Waals surface area contributed by atoms with Crippen molar-refractivity contribution in [1.82, 2.24) is 15.0 Å². The van der Waals surface area contributed by atoms with Crippen molar-refractivity contribution in [3.8, 4) is 6.07 Å². The van der Waals surface area contributed by atoms with E-state index in [4.69, 9.17) is 14.7 Å². The van der Waals surface area contributed by atoms with Gasteiger partial charge in [-0.15, -0.1) is 5.10 Å². The maximum atomic E-state index is 8.87. The first kappa shape index (κ1) is 14.0. The van der Waals surface area contributed by atoms with E-state index in [9.17, 15) is 0 Å². The minimum absolute atomic E-state index is 0.323. The normalized spacial score (nSPS) is 18.6. The SMILES string of the molecule is COCCCCn1nnc(CC#N)c1C1CCOC1. The maximum Gasteiger partial charge on any atom is 0.100 e. The monoisotopic (exact) mass is 264 g/mol. The summed E-state index contributed by atoms with van der Waals surface area (Å²) in [6.07, 6.45) is 3.32. The fourth-order valence-electron chi connectivity index (χ4n) is 2.43. The molecule has 1 fully saturated rings. The van der Waals surface area contributed by atoms with Gasteiger partial charge in [0.25, 0.3) is 0 Å². The van der Waals surface area contributed by atoms with Crippen LogP contribution in [0.2, 0.25) is 0 Å².